The zero-order valence-electron chi connectivity index (χ0n) is 18.4. The van der Waals surface area contributed by atoms with Gasteiger partial charge in [0.2, 0.25) is 11.8 Å². The number of ether oxygens (including phenoxy) is 1. The van der Waals surface area contributed by atoms with Gasteiger partial charge in [0.25, 0.3) is 5.88 Å². The van der Waals surface area contributed by atoms with Crippen LogP contribution in [0.5, 0.6) is 5.88 Å². The fourth-order valence-electron chi connectivity index (χ4n) is 4.27. The molecule has 1 aromatic heterocycles. The molecule has 0 bridgehead atoms. The first-order valence-electron chi connectivity index (χ1n) is 10.8. The number of para-hydroxylation sites is 1. The maximum absolute atomic E-state index is 13.2. The molecule has 2 fully saturated rings. The second kappa shape index (κ2) is 8.09. The van der Waals surface area contributed by atoms with Crippen molar-refractivity contribution in [3.05, 3.63) is 24.3 Å². The summed E-state index contributed by atoms with van der Waals surface area (Å²) in [5, 5.41) is 17.8. The first kappa shape index (κ1) is 22.1. The van der Waals surface area contributed by atoms with Crippen LogP contribution in [0.1, 0.15) is 33.6 Å². The lowest BCUT2D eigenvalue weighted by molar-refractivity contribution is -0.140. The summed E-state index contributed by atoms with van der Waals surface area (Å²) in [7, 11) is 0. The monoisotopic (exact) mass is 443 g/mol. The van der Waals surface area contributed by atoms with Gasteiger partial charge in [-0.05, 0) is 36.3 Å². The average molecular weight is 444 g/mol. The maximum Gasteiger partial charge on any atom is 0.411 e. The standard InChI is InChI=1S/C22H29N5O5/c1-22(2,3)17(28)10-24-19(30)16-9-12-8-15(12)27(16)18(29)11-26-14-7-5-4-6-13(14)20(25-26)32-21(23)31/h4-7,12,15-17,28H,8-11H2,1-3H3,(H2,23,31)(H,24,30)/t12-,15-,16+,17?/m1/s1. The number of piperidine rings is 1. The van der Waals surface area contributed by atoms with Crippen LogP contribution in [0.15, 0.2) is 24.3 Å². The Bertz CT molecular complexity index is 1060. The van der Waals surface area contributed by atoms with Gasteiger partial charge in [-0.1, -0.05) is 32.9 Å². The molecule has 0 spiro atoms. The van der Waals surface area contributed by atoms with Crippen molar-refractivity contribution < 1.29 is 24.2 Å². The van der Waals surface area contributed by atoms with Gasteiger partial charge in [0.15, 0.2) is 0 Å². The second-order valence-corrected chi connectivity index (χ2v) is 9.64. The van der Waals surface area contributed by atoms with E-state index >= 15 is 0 Å². The van der Waals surface area contributed by atoms with Crippen LogP contribution in [-0.2, 0) is 16.1 Å². The van der Waals surface area contributed by atoms with Crippen molar-refractivity contribution >= 4 is 28.8 Å². The van der Waals surface area contributed by atoms with E-state index in [2.05, 4.69) is 10.4 Å². The van der Waals surface area contributed by atoms with E-state index in [1.54, 1.807) is 29.2 Å². The van der Waals surface area contributed by atoms with E-state index in [-0.39, 0.29) is 42.2 Å². The van der Waals surface area contributed by atoms with E-state index in [0.717, 1.165) is 6.42 Å². The molecule has 4 N–H and O–H groups in total. The smallest absolute Gasteiger partial charge is 0.391 e. The van der Waals surface area contributed by atoms with Gasteiger partial charge in [-0.25, -0.2) is 4.79 Å². The highest BCUT2D eigenvalue weighted by molar-refractivity contribution is 5.91. The van der Waals surface area contributed by atoms with E-state index < -0.39 is 18.2 Å². The van der Waals surface area contributed by atoms with Crippen LogP contribution < -0.4 is 15.8 Å². The van der Waals surface area contributed by atoms with Crippen molar-refractivity contribution in [3.8, 4) is 5.88 Å². The van der Waals surface area contributed by atoms with Gasteiger partial charge in [0.1, 0.15) is 12.6 Å². The number of benzene rings is 1. The first-order chi connectivity index (χ1) is 15.1. The Morgan fingerprint density at radius 2 is 2.00 bits per heavy atom. The van der Waals surface area contributed by atoms with E-state index in [1.165, 1.54) is 4.68 Å². The number of aliphatic hydroxyl groups excluding tert-OH is 1. The second-order valence-electron chi connectivity index (χ2n) is 9.64. The number of carbonyl (C=O) groups is 3. The number of hydrogen-bond donors (Lipinski definition) is 3. The number of aromatic nitrogens is 2. The van der Waals surface area contributed by atoms with Crippen molar-refractivity contribution in [2.75, 3.05) is 6.54 Å². The molecule has 1 aliphatic carbocycles. The van der Waals surface area contributed by atoms with Crippen LogP contribution in [0, 0.1) is 11.3 Å². The Kier molecular flexibility index (Phi) is 5.58. The molecule has 2 heterocycles. The zero-order chi connectivity index (χ0) is 23.2. The topological polar surface area (TPSA) is 140 Å². The lowest BCUT2D eigenvalue weighted by Gasteiger charge is -2.29. The van der Waals surface area contributed by atoms with Gasteiger partial charge in [-0.3, -0.25) is 14.3 Å². The molecule has 10 heteroatoms. The lowest BCUT2D eigenvalue weighted by atomic mass is 9.89. The quantitative estimate of drug-likeness (QED) is 0.609. The molecule has 0 radical (unpaired) electrons. The fourth-order valence-corrected chi connectivity index (χ4v) is 4.27. The highest BCUT2D eigenvalue weighted by Crippen LogP contribution is 2.48. The number of primary amides is 1. The average Bonchev–Trinajstić information content (AvgIpc) is 3.25. The number of carbonyl (C=O) groups excluding carboxylic acids is 3. The summed E-state index contributed by atoms with van der Waals surface area (Å²) in [6.07, 6.45) is -0.174. The SMILES string of the molecule is CC(C)(C)C(O)CNC(=O)[C@@H]1C[C@H]2C[C@H]2N1C(=O)Cn1nc(OC(N)=O)c2ccccc21. The third-order valence-electron chi connectivity index (χ3n) is 6.27. The minimum absolute atomic E-state index is 0.0390. The number of nitrogens with two attached hydrogens (primary N) is 1. The van der Waals surface area contributed by atoms with Crippen molar-refractivity contribution in [1.82, 2.24) is 20.0 Å². The summed E-state index contributed by atoms with van der Waals surface area (Å²) in [6.45, 7) is 5.73. The predicted molar refractivity (Wildman–Crippen MR) is 116 cm³/mol. The van der Waals surface area contributed by atoms with Crippen molar-refractivity contribution in [3.63, 3.8) is 0 Å². The summed E-state index contributed by atoms with van der Waals surface area (Å²) in [5.41, 5.74) is 5.40. The van der Waals surface area contributed by atoms with Crippen LogP contribution in [0.25, 0.3) is 10.9 Å². The molecule has 1 aliphatic heterocycles. The molecule has 1 aromatic carbocycles. The van der Waals surface area contributed by atoms with Crippen molar-refractivity contribution in [2.24, 2.45) is 17.1 Å². The normalized spacial score (nSPS) is 23.0. The third kappa shape index (κ3) is 4.27. The zero-order valence-corrected chi connectivity index (χ0v) is 18.4. The number of rotatable bonds is 6. The Labute approximate surface area is 185 Å². The molecule has 2 aromatic rings. The lowest BCUT2D eigenvalue weighted by Crippen LogP contribution is -2.51. The van der Waals surface area contributed by atoms with E-state index in [1.807, 2.05) is 20.8 Å². The van der Waals surface area contributed by atoms with Crippen LogP contribution >= 0.6 is 0 Å². The van der Waals surface area contributed by atoms with Gasteiger partial charge >= 0.3 is 6.09 Å². The Morgan fingerprint density at radius 1 is 1.28 bits per heavy atom. The van der Waals surface area contributed by atoms with E-state index in [4.69, 9.17) is 10.5 Å². The number of nitrogens with one attached hydrogen (secondary N) is 1. The van der Waals surface area contributed by atoms with Gasteiger partial charge in [-0.15, -0.1) is 5.10 Å². The highest BCUT2D eigenvalue weighted by atomic mass is 16.6. The fraction of sp³-hybridized carbons (Fsp3) is 0.545. The number of amides is 3. The van der Waals surface area contributed by atoms with E-state index in [0.29, 0.717) is 23.2 Å². The number of hydrogen-bond acceptors (Lipinski definition) is 6. The largest absolute Gasteiger partial charge is 0.411 e. The van der Waals surface area contributed by atoms with Crippen LogP contribution in [0.3, 0.4) is 0 Å². The molecule has 1 saturated heterocycles. The summed E-state index contributed by atoms with van der Waals surface area (Å²) in [5.74, 6) is -0.121. The molecule has 4 atom stereocenters. The van der Waals surface area contributed by atoms with Gasteiger partial charge in [0.05, 0.1) is 17.0 Å². The predicted octanol–water partition coefficient (Wildman–Crippen LogP) is 1.01. The maximum atomic E-state index is 13.2. The van der Waals surface area contributed by atoms with Crippen molar-refractivity contribution in [2.45, 2.75) is 58.3 Å². The molecule has 3 amide bonds. The summed E-state index contributed by atoms with van der Waals surface area (Å²) < 4.78 is 6.44. The molecule has 1 unspecified atom stereocenters. The number of likely N-dealkylation sites (tertiary alicyclic amines) is 1. The van der Waals surface area contributed by atoms with Gasteiger partial charge in [-0.2, -0.15) is 0 Å². The van der Waals surface area contributed by atoms with Crippen LogP contribution in [0.2, 0.25) is 0 Å². The Hall–Kier alpha value is -3.14. The molecule has 1 saturated carbocycles. The Morgan fingerprint density at radius 3 is 2.69 bits per heavy atom. The molecule has 4 rings (SSSR count). The molecule has 32 heavy (non-hydrogen) atoms. The minimum Gasteiger partial charge on any atom is -0.391 e. The first-order valence-corrected chi connectivity index (χ1v) is 10.8. The third-order valence-corrected chi connectivity index (χ3v) is 6.27. The van der Waals surface area contributed by atoms with Crippen LogP contribution in [0.4, 0.5) is 4.79 Å². The molecule has 10 nitrogen and oxygen atoms in total. The molecule has 172 valence electrons. The molecule has 2 aliphatic rings. The van der Waals surface area contributed by atoms with E-state index in [9.17, 15) is 19.5 Å². The number of aliphatic hydroxyl groups is 1. The minimum atomic E-state index is -0.985. The number of fused-ring (bicyclic) bond motifs is 2. The molecular formula is C22H29N5O5. The van der Waals surface area contributed by atoms with Gasteiger partial charge in [0, 0.05) is 12.6 Å². The highest BCUT2D eigenvalue weighted by Gasteiger charge is 2.56. The Balaban J connectivity index is 1.49. The summed E-state index contributed by atoms with van der Waals surface area (Å²) in [6, 6.07) is 6.54. The molecular weight excluding hydrogens is 414 g/mol. The van der Waals surface area contributed by atoms with Crippen molar-refractivity contribution in [1.29, 1.82) is 0 Å². The number of nitrogens with zero attached hydrogens (tertiary/aromatic N) is 3. The summed E-state index contributed by atoms with van der Waals surface area (Å²) in [4.78, 5) is 38.9. The van der Waals surface area contributed by atoms with Gasteiger partial charge < -0.3 is 25.8 Å². The summed E-state index contributed by atoms with van der Waals surface area (Å²) >= 11 is 0. The van der Waals surface area contributed by atoms with Crippen LogP contribution in [-0.4, -0.2) is 62.4 Å².